The van der Waals surface area contributed by atoms with Crippen LogP contribution >= 0.6 is 0 Å². The third-order valence-electron chi connectivity index (χ3n) is 5.12. The van der Waals surface area contributed by atoms with Crippen molar-refractivity contribution in [3.63, 3.8) is 0 Å². The van der Waals surface area contributed by atoms with E-state index in [0.29, 0.717) is 12.3 Å². The maximum atomic E-state index is 13.5. The Morgan fingerprint density at radius 2 is 1.62 bits per heavy atom. The highest BCUT2D eigenvalue weighted by Gasteiger charge is 2.28. The molecule has 3 rings (SSSR count). The van der Waals surface area contributed by atoms with Gasteiger partial charge in [0.1, 0.15) is 12.3 Å². The topological polar surface area (TPSA) is 88.1 Å². The number of sulfonamides is 1. The zero-order valence-electron chi connectivity index (χ0n) is 19.8. The zero-order chi connectivity index (χ0) is 24.7. The van der Waals surface area contributed by atoms with Gasteiger partial charge in [-0.25, -0.2) is 13.8 Å². The summed E-state index contributed by atoms with van der Waals surface area (Å²) in [6.45, 7) is 7.64. The number of carbonyl (C=O) groups excluding carboxylic acids is 1. The summed E-state index contributed by atoms with van der Waals surface area (Å²) in [5.41, 5.74) is 6.22. The molecule has 0 saturated heterocycles. The molecule has 0 radical (unpaired) electrons. The average molecular weight is 480 g/mol. The van der Waals surface area contributed by atoms with E-state index in [1.54, 1.807) is 30.3 Å². The van der Waals surface area contributed by atoms with Crippen LogP contribution in [0, 0.1) is 20.8 Å². The summed E-state index contributed by atoms with van der Waals surface area (Å²) in [6, 6.07) is 19.3. The minimum atomic E-state index is -3.99. The molecule has 0 bridgehead atoms. The fraction of sp³-hybridized carbons (Fsp3) is 0.231. The van der Waals surface area contributed by atoms with Gasteiger partial charge in [0.2, 0.25) is 0 Å². The monoisotopic (exact) mass is 479 g/mol. The molecule has 1 N–H and O–H groups in total. The maximum absolute atomic E-state index is 13.5. The van der Waals surface area contributed by atoms with Crippen molar-refractivity contribution < 1.29 is 17.9 Å². The Morgan fingerprint density at radius 1 is 0.971 bits per heavy atom. The Hall–Kier alpha value is -3.65. The van der Waals surface area contributed by atoms with E-state index in [1.165, 1.54) is 6.21 Å². The number of hydrogen-bond acceptors (Lipinski definition) is 5. The largest absolute Gasteiger partial charge is 0.494 e. The molecule has 0 unspecified atom stereocenters. The van der Waals surface area contributed by atoms with Crippen LogP contribution in [-0.4, -0.2) is 33.7 Å². The number of anilines is 1. The highest BCUT2D eigenvalue weighted by atomic mass is 32.2. The predicted molar refractivity (Wildman–Crippen MR) is 135 cm³/mol. The Morgan fingerprint density at radius 3 is 2.26 bits per heavy atom. The van der Waals surface area contributed by atoms with Gasteiger partial charge in [-0.2, -0.15) is 5.10 Å². The van der Waals surface area contributed by atoms with Crippen molar-refractivity contribution in [2.24, 2.45) is 5.10 Å². The van der Waals surface area contributed by atoms with E-state index in [2.05, 4.69) is 10.5 Å². The summed E-state index contributed by atoms with van der Waals surface area (Å²) < 4.78 is 33.6. The molecule has 3 aromatic carbocycles. The predicted octanol–water partition coefficient (Wildman–Crippen LogP) is 4.36. The normalized spacial score (nSPS) is 11.4. The lowest BCUT2D eigenvalue weighted by Gasteiger charge is -2.25. The molecular weight excluding hydrogens is 450 g/mol. The lowest BCUT2D eigenvalue weighted by Crippen LogP contribution is -2.40. The number of rotatable bonds is 9. The van der Waals surface area contributed by atoms with Crippen molar-refractivity contribution in [2.45, 2.75) is 32.6 Å². The molecule has 3 aromatic rings. The lowest BCUT2D eigenvalue weighted by molar-refractivity contribution is -0.119. The molecule has 0 aliphatic heterocycles. The van der Waals surface area contributed by atoms with Gasteiger partial charge in [0.25, 0.3) is 15.9 Å². The quantitative estimate of drug-likeness (QED) is 0.365. The molecule has 0 saturated carbocycles. The molecule has 0 aliphatic carbocycles. The van der Waals surface area contributed by atoms with Crippen molar-refractivity contribution in [3.8, 4) is 5.75 Å². The third-order valence-corrected chi connectivity index (χ3v) is 6.90. The van der Waals surface area contributed by atoms with Gasteiger partial charge in [-0.15, -0.1) is 0 Å². The molecule has 7 nitrogen and oxygen atoms in total. The number of amides is 1. The molecule has 0 heterocycles. The molecule has 0 atom stereocenters. The van der Waals surface area contributed by atoms with E-state index in [1.807, 2.05) is 64.1 Å². The maximum Gasteiger partial charge on any atom is 0.264 e. The van der Waals surface area contributed by atoms with E-state index in [0.717, 1.165) is 32.3 Å². The van der Waals surface area contributed by atoms with Crippen LogP contribution in [0.25, 0.3) is 0 Å². The first kappa shape index (κ1) is 25.0. The average Bonchev–Trinajstić information content (AvgIpc) is 2.81. The molecule has 0 aromatic heterocycles. The van der Waals surface area contributed by atoms with E-state index < -0.39 is 22.5 Å². The Balaban J connectivity index is 1.83. The number of ether oxygens (including phenoxy) is 1. The minimum Gasteiger partial charge on any atom is -0.494 e. The van der Waals surface area contributed by atoms with Crippen molar-refractivity contribution in [3.05, 3.63) is 89.0 Å². The van der Waals surface area contributed by atoms with E-state index in [4.69, 9.17) is 4.74 Å². The van der Waals surface area contributed by atoms with Gasteiger partial charge in [-0.05, 0) is 86.8 Å². The fourth-order valence-corrected chi connectivity index (χ4v) is 4.76. The molecule has 34 heavy (non-hydrogen) atoms. The second-order valence-electron chi connectivity index (χ2n) is 7.91. The van der Waals surface area contributed by atoms with Crippen LogP contribution in [0.1, 0.15) is 29.2 Å². The number of benzene rings is 3. The Kier molecular flexibility index (Phi) is 8.07. The fourth-order valence-electron chi connectivity index (χ4n) is 3.29. The zero-order valence-corrected chi connectivity index (χ0v) is 20.6. The molecular formula is C26H29N3O4S. The Labute approximate surface area is 201 Å². The van der Waals surface area contributed by atoms with E-state index in [9.17, 15) is 13.2 Å². The van der Waals surface area contributed by atoms with Gasteiger partial charge < -0.3 is 4.74 Å². The van der Waals surface area contributed by atoms with Crippen molar-refractivity contribution in [2.75, 3.05) is 17.5 Å². The van der Waals surface area contributed by atoms with Crippen LogP contribution in [0.4, 0.5) is 5.69 Å². The standard InChI is InChI=1S/C26H29N3O4S/c1-5-33-23-12-10-22(11-13-23)17-27-28-26(30)18-29(25-16-20(3)6-9-21(25)4)34(31,32)24-14-7-19(2)8-15-24/h6-17H,5,18H2,1-4H3,(H,28,30)/b27-17-. The molecule has 8 heteroatoms. The number of hydrazone groups is 1. The highest BCUT2D eigenvalue weighted by molar-refractivity contribution is 7.92. The summed E-state index contributed by atoms with van der Waals surface area (Å²) in [5, 5.41) is 3.98. The highest BCUT2D eigenvalue weighted by Crippen LogP contribution is 2.28. The third kappa shape index (κ3) is 6.23. The number of aryl methyl sites for hydroxylation is 3. The summed E-state index contributed by atoms with van der Waals surface area (Å²) in [5.74, 6) is 0.188. The molecule has 1 amide bonds. The molecule has 0 fully saturated rings. The number of nitrogens with zero attached hydrogens (tertiary/aromatic N) is 2. The van der Waals surface area contributed by atoms with Crippen LogP contribution in [0.5, 0.6) is 5.75 Å². The summed E-state index contributed by atoms with van der Waals surface area (Å²) in [7, 11) is -3.99. The van der Waals surface area contributed by atoms with Crippen molar-refractivity contribution in [1.29, 1.82) is 0 Å². The molecule has 178 valence electrons. The minimum absolute atomic E-state index is 0.115. The smallest absolute Gasteiger partial charge is 0.264 e. The van der Waals surface area contributed by atoms with Crippen LogP contribution in [0.2, 0.25) is 0 Å². The van der Waals surface area contributed by atoms with Crippen LogP contribution in [-0.2, 0) is 14.8 Å². The van der Waals surface area contributed by atoms with Gasteiger partial charge in [0.15, 0.2) is 0 Å². The first-order chi connectivity index (χ1) is 16.2. The van der Waals surface area contributed by atoms with Crippen molar-refractivity contribution in [1.82, 2.24) is 5.43 Å². The van der Waals surface area contributed by atoms with Gasteiger partial charge in [-0.1, -0.05) is 29.8 Å². The van der Waals surface area contributed by atoms with Crippen LogP contribution in [0.3, 0.4) is 0 Å². The van der Waals surface area contributed by atoms with E-state index in [-0.39, 0.29) is 4.90 Å². The summed E-state index contributed by atoms with van der Waals surface area (Å²) >= 11 is 0. The molecule has 0 aliphatic rings. The lowest BCUT2D eigenvalue weighted by atomic mass is 10.1. The second-order valence-corrected chi connectivity index (χ2v) is 9.77. The Bertz CT molecular complexity index is 1270. The van der Waals surface area contributed by atoms with Gasteiger partial charge in [0.05, 0.1) is 23.4 Å². The number of carbonyl (C=O) groups is 1. The van der Waals surface area contributed by atoms with E-state index >= 15 is 0 Å². The number of nitrogens with one attached hydrogen (secondary N) is 1. The van der Waals surface area contributed by atoms with Crippen molar-refractivity contribution >= 4 is 27.8 Å². The second kappa shape index (κ2) is 11.0. The number of hydrogen-bond donors (Lipinski definition) is 1. The first-order valence-electron chi connectivity index (χ1n) is 10.9. The first-order valence-corrected chi connectivity index (χ1v) is 12.4. The summed E-state index contributed by atoms with van der Waals surface area (Å²) in [4.78, 5) is 12.8. The molecule has 0 spiro atoms. The van der Waals surface area contributed by atoms with Crippen LogP contribution < -0.4 is 14.5 Å². The van der Waals surface area contributed by atoms with Gasteiger partial charge >= 0.3 is 0 Å². The van der Waals surface area contributed by atoms with Crippen LogP contribution in [0.15, 0.2) is 76.7 Å². The SMILES string of the molecule is CCOc1ccc(/C=N\NC(=O)CN(c2cc(C)ccc2C)S(=O)(=O)c2ccc(C)cc2)cc1. The van der Waals surface area contributed by atoms with Gasteiger partial charge in [-0.3, -0.25) is 9.10 Å². The van der Waals surface area contributed by atoms with Gasteiger partial charge in [0, 0.05) is 0 Å². The summed E-state index contributed by atoms with van der Waals surface area (Å²) in [6.07, 6.45) is 1.49.